The first-order chi connectivity index (χ1) is 35.9. The van der Waals surface area contributed by atoms with E-state index < -0.39 is 53.8 Å². The van der Waals surface area contributed by atoms with Gasteiger partial charge in [0.15, 0.2) is 36.0 Å². The number of aliphatic hydroxyl groups is 4. The Morgan fingerprint density at radius 3 is 1.12 bits per heavy atom. The molecule has 0 unspecified atom stereocenters. The van der Waals surface area contributed by atoms with Gasteiger partial charge in [0.1, 0.15) is 5.60 Å². The quantitative estimate of drug-likeness (QED) is 0.0318. The van der Waals surface area contributed by atoms with E-state index in [-0.39, 0.29) is 123 Å². The fourth-order valence-electron chi connectivity index (χ4n) is 7.57. The number of aliphatic carboxylic acids is 1. The molecule has 21 heteroatoms. The summed E-state index contributed by atoms with van der Waals surface area (Å²) >= 11 is 0. The molecule has 2 fully saturated rings. The highest BCUT2D eigenvalue weighted by Gasteiger charge is 2.52. The number of hydrogen-bond donors (Lipinski definition) is 9. The second-order valence-corrected chi connectivity index (χ2v) is 23.1. The van der Waals surface area contributed by atoms with E-state index in [9.17, 15) is 38.4 Å². The standard InChI is InChI=1S/C18H31NO6.C17H33NO4.C16H27NO6.C5H13NO/c1-5-24-18(23)16-15(25-16)14(21)9-13(8-11(2)3)17(22)19-7-6-12(4)10-20;1-12(2)9-14(10-15(20)22-17(4,5)6)16(21)18-8-7-13(3)11-19;1-9(2)6-11(15(20)17-5-4-10(3)8-18)7-12(19)13-14(23-13)16(21)22;1-5(4-7)2-3-6/h11-13,15-16,20H,5-10H2,1-4H3,(H,19,22);12-14,19H,7-11H2,1-6H3,(H,18,21);9-11,13-14,18H,4-8H2,1-3H3,(H,17,20)(H,21,22);5,7H,2-4,6H2,1H3/t12-,13-,15-,16+;13-,14-;10-,11-,13-,14+;5-/m1111/s1. The van der Waals surface area contributed by atoms with E-state index in [4.69, 9.17) is 50.2 Å². The third-order valence-electron chi connectivity index (χ3n) is 12.2. The number of rotatable bonds is 35. The normalized spacial score (nSPS) is 19.1. The van der Waals surface area contributed by atoms with E-state index in [1.807, 2.05) is 90.0 Å². The van der Waals surface area contributed by atoms with Crippen LogP contribution in [0, 0.1) is 59.2 Å². The number of nitrogens with two attached hydrogens (primary N) is 1. The summed E-state index contributed by atoms with van der Waals surface area (Å²) in [6.45, 7) is 29.7. The van der Waals surface area contributed by atoms with E-state index in [1.54, 1.807) is 6.92 Å². The predicted octanol–water partition coefficient (Wildman–Crippen LogP) is 4.15. The monoisotopic (exact) mass is 1100 g/mol. The van der Waals surface area contributed by atoms with Gasteiger partial charge in [-0.1, -0.05) is 69.2 Å². The van der Waals surface area contributed by atoms with Gasteiger partial charge in [-0.15, -0.1) is 0 Å². The molecule has 2 heterocycles. The van der Waals surface area contributed by atoms with Crippen LogP contribution in [0.3, 0.4) is 0 Å². The van der Waals surface area contributed by atoms with Crippen LogP contribution in [-0.2, 0) is 57.3 Å². The van der Waals surface area contributed by atoms with Crippen LogP contribution in [0.2, 0.25) is 0 Å². The molecule has 11 atom stereocenters. The highest BCUT2D eigenvalue weighted by Crippen LogP contribution is 2.29. The van der Waals surface area contributed by atoms with Crippen LogP contribution in [0.5, 0.6) is 0 Å². The molecule has 2 aliphatic rings. The van der Waals surface area contributed by atoms with Crippen LogP contribution in [0.1, 0.15) is 161 Å². The van der Waals surface area contributed by atoms with Gasteiger partial charge in [0, 0.05) is 76.7 Å². The average Bonchev–Trinajstić information content (AvgIpc) is 4.28. The number of Topliss-reactive ketones (excluding diaryl/α,β-unsaturated/α-hetero) is 2. The van der Waals surface area contributed by atoms with Gasteiger partial charge in [0.2, 0.25) is 17.7 Å². The van der Waals surface area contributed by atoms with Crippen molar-refractivity contribution in [1.82, 2.24) is 16.0 Å². The number of hydrogen-bond acceptors (Lipinski definition) is 17. The summed E-state index contributed by atoms with van der Waals surface area (Å²) in [5, 5.41) is 52.6. The first-order valence-electron chi connectivity index (χ1n) is 27.9. The summed E-state index contributed by atoms with van der Waals surface area (Å²) in [5.41, 5.74) is 4.66. The number of carbonyl (C=O) groups is 8. The third-order valence-corrected chi connectivity index (χ3v) is 12.2. The molecule has 0 aromatic rings. The number of epoxide rings is 2. The number of amides is 3. The molecule has 0 spiro atoms. The average molecular weight is 1110 g/mol. The molecular weight excluding hydrogens is 1000 g/mol. The zero-order chi connectivity index (χ0) is 59.6. The maximum atomic E-state index is 12.4. The van der Waals surface area contributed by atoms with E-state index in [0.717, 1.165) is 12.8 Å². The lowest BCUT2D eigenvalue weighted by atomic mass is 9.90. The van der Waals surface area contributed by atoms with Crippen molar-refractivity contribution < 1.29 is 82.8 Å². The Morgan fingerprint density at radius 2 is 0.844 bits per heavy atom. The second-order valence-electron chi connectivity index (χ2n) is 23.1. The Hall–Kier alpha value is -4.12. The summed E-state index contributed by atoms with van der Waals surface area (Å²) < 4.78 is 20.1. The number of esters is 2. The van der Waals surface area contributed by atoms with Crippen LogP contribution in [0.15, 0.2) is 0 Å². The minimum absolute atomic E-state index is 0.00594. The Labute approximate surface area is 460 Å². The molecule has 0 saturated carbocycles. The summed E-state index contributed by atoms with van der Waals surface area (Å²) in [5.74, 6) is -2.73. The maximum absolute atomic E-state index is 12.4. The van der Waals surface area contributed by atoms with Crippen molar-refractivity contribution in [1.29, 1.82) is 0 Å². The predicted molar refractivity (Wildman–Crippen MR) is 292 cm³/mol. The van der Waals surface area contributed by atoms with Gasteiger partial charge in [-0.2, -0.15) is 0 Å². The van der Waals surface area contributed by atoms with E-state index >= 15 is 0 Å². The van der Waals surface area contributed by atoms with Gasteiger partial charge < -0.3 is 66.2 Å². The molecule has 2 saturated heterocycles. The largest absolute Gasteiger partial charge is 0.479 e. The van der Waals surface area contributed by atoms with Gasteiger partial charge in [-0.25, -0.2) is 9.59 Å². The van der Waals surface area contributed by atoms with Crippen molar-refractivity contribution in [2.24, 2.45) is 64.9 Å². The fourth-order valence-corrected chi connectivity index (χ4v) is 7.57. The second kappa shape index (κ2) is 41.0. The van der Waals surface area contributed by atoms with Crippen LogP contribution in [0.4, 0.5) is 0 Å². The molecule has 10 N–H and O–H groups in total. The molecule has 0 aliphatic carbocycles. The maximum Gasteiger partial charge on any atom is 0.338 e. The van der Waals surface area contributed by atoms with Gasteiger partial charge in [0.25, 0.3) is 0 Å². The first-order valence-corrected chi connectivity index (χ1v) is 27.9. The molecule has 3 amide bonds. The van der Waals surface area contributed by atoms with Crippen LogP contribution >= 0.6 is 0 Å². The van der Waals surface area contributed by atoms with Crippen molar-refractivity contribution >= 4 is 47.2 Å². The van der Waals surface area contributed by atoms with Crippen molar-refractivity contribution in [3.63, 3.8) is 0 Å². The molecule has 0 bridgehead atoms. The lowest BCUT2D eigenvalue weighted by Gasteiger charge is -2.23. The highest BCUT2D eigenvalue weighted by atomic mass is 16.6. The smallest absolute Gasteiger partial charge is 0.338 e. The summed E-state index contributed by atoms with van der Waals surface area (Å²) in [6, 6.07) is 0. The first kappa shape index (κ1) is 75.0. The molecule has 2 rings (SSSR count). The summed E-state index contributed by atoms with van der Waals surface area (Å²) in [4.78, 5) is 95.5. The third kappa shape index (κ3) is 37.4. The van der Waals surface area contributed by atoms with Crippen LogP contribution < -0.4 is 21.7 Å². The van der Waals surface area contributed by atoms with Gasteiger partial charge in [-0.3, -0.25) is 28.8 Å². The number of ketones is 2. The van der Waals surface area contributed by atoms with Gasteiger partial charge >= 0.3 is 17.9 Å². The zero-order valence-corrected chi connectivity index (χ0v) is 49.2. The van der Waals surface area contributed by atoms with Crippen molar-refractivity contribution in [3.05, 3.63) is 0 Å². The Balaban J connectivity index is 0. The van der Waals surface area contributed by atoms with Crippen LogP contribution in [0.25, 0.3) is 0 Å². The summed E-state index contributed by atoms with van der Waals surface area (Å²) in [6.07, 6.45) is 1.38. The molecular formula is C56H104N4O17. The molecule has 2 aliphatic heterocycles. The topological polar surface area (TPSA) is 343 Å². The minimum atomic E-state index is -1.15. The molecule has 0 aromatic carbocycles. The Morgan fingerprint density at radius 1 is 0.519 bits per heavy atom. The molecule has 450 valence electrons. The summed E-state index contributed by atoms with van der Waals surface area (Å²) in [7, 11) is 0. The van der Waals surface area contributed by atoms with Crippen molar-refractivity contribution in [2.75, 3.05) is 59.2 Å². The van der Waals surface area contributed by atoms with E-state index in [0.29, 0.717) is 70.1 Å². The lowest BCUT2D eigenvalue weighted by Crippen LogP contribution is -2.35. The van der Waals surface area contributed by atoms with E-state index in [1.165, 1.54) is 0 Å². The molecule has 0 aromatic heterocycles. The number of nitrogens with one attached hydrogen (secondary N) is 3. The number of ether oxygens (including phenoxy) is 4. The minimum Gasteiger partial charge on any atom is -0.479 e. The number of aliphatic hydroxyl groups excluding tert-OH is 4. The highest BCUT2D eigenvalue weighted by molar-refractivity contribution is 5.97. The zero-order valence-electron chi connectivity index (χ0n) is 49.2. The van der Waals surface area contributed by atoms with Crippen molar-refractivity contribution in [3.8, 4) is 0 Å². The van der Waals surface area contributed by atoms with Crippen molar-refractivity contribution in [2.45, 2.75) is 191 Å². The number of carbonyl (C=O) groups excluding carboxylic acids is 7. The molecule has 21 nitrogen and oxygen atoms in total. The SMILES string of the molecule is CC(C)C[C@H](CC(=O)OC(C)(C)C)C(=O)NCC[C@@H](C)CO.CC(C)C[C@H](CC(=O)[C@H]1O[C@@H]1C(=O)O)C(=O)NCC[C@@H](C)CO.CCOC(=O)[C@H]1O[C@@H]1C(=O)C[C@@H](CC(C)C)C(=O)NCC[C@@H](C)CO.C[C@@H](CO)CCN. The van der Waals surface area contributed by atoms with E-state index in [2.05, 4.69) is 16.0 Å². The van der Waals surface area contributed by atoms with Gasteiger partial charge in [0.05, 0.1) is 13.0 Å². The molecule has 77 heavy (non-hydrogen) atoms. The Kier molecular flexibility index (Phi) is 39.9. The fraction of sp³-hybridized carbons (Fsp3) is 0.857. The molecule has 0 radical (unpaired) electrons. The number of carboxylic acids is 1. The van der Waals surface area contributed by atoms with Gasteiger partial charge in [-0.05, 0) is 121 Å². The number of carboxylic acid groups (broad SMARTS) is 1. The lowest BCUT2D eigenvalue weighted by molar-refractivity contribution is -0.157. The van der Waals surface area contributed by atoms with Crippen LogP contribution in [-0.4, -0.2) is 162 Å². The Bertz CT molecular complexity index is 1720.